The van der Waals surface area contributed by atoms with Crippen molar-refractivity contribution in [2.45, 2.75) is 27.2 Å². The molecule has 3 rings (SSSR count). The molecule has 2 N–H and O–H groups in total. The number of ether oxygens (including phenoxy) is 1. The average molecular weight is 469 g/mol. The van der Waals surface area contributed by atoms with Crippen molar-refractivity contribution in [2.75, 3.05) is 43.0 Å². The highest BCUT2D eigenvalue weighted by molar-refractivity contribution is 7.80. The van der Waals surface area contributed by atoms with E-state index < -0.39 is 0 Å². The SMILES string of the molecule is CCC(=O)N1CCN(c2ccc(NC(=S)NC(=O)c3cccc(OCC(C)C)c3)cc2)CC1. The van der Waals surface area contributed by atoms with E-state index in [1.165, 1.54) is 0 Å². The fourth-order valence-electron chi connectivity index (χ4n) is 3.52. The van der Waals surface area contributed by atoms with Gasteiger partial charge in [-0.1, -0.05) is 26.8 Å². The Balaban J connectivity index is 1.50. The predicted octanol–water partition coefficient (Wildman–Crippen LogP) is 3.91. The quantitative estimate of drug-likeness (QED) is 0.601. The summed E-state index contributed by atoms with van der Waals surface area (Å²) in [5.74, 6) is 0.976. The molecular weight excluding hydrogens is 436 g/mol. The molecular formula is C25H32N4O3S. The molecule has 33 heavy (non-hydrogen) atoms. The normalized spacial score (nSPS) is 13.6. The maximum absolute atomic E-state index is 12.6. The van der Waals surface area contributed by atoms with E-state index in [0.29, 0.717) is 30.3 Å². The number of carbonyl (C=O) groups is 2. The Morgan fingerprint density at radius 3 is 2.39 bits per heavy atom. The van der Waals surface area contributed by atoms with Gasteiger partial charge >= 0.3 is 0 Å². The number of hydrogen-bond donors (Lipinski definition) is 2. The van der Waals surface area contributed by atoms with Gasteiger partial charge in [0, 0.05) is 49.5 Å². The van der Waals surface area contributed by atoms with Crippen molar-refractivity contribution in [1.82, 2.24) is 10.2 Å². The average Bonchev–Trinajstić information content (AvgIpc) is 2.83. The summed E-state index contributed by atoms with van der Waals surface area (Å²) in [6.07, 6.45) is 0.550. The first-order valence-corrected chi connectivity index (χ1v) is 11.7. The molecule has 0 saturated carbocycles. The summed E-state index contributed by atoms with van der Waals surface area (Å²) in [4.78, 5) is 28.6. The second-order valence-electron chi connectivity index (χ2n) is 8.41. The van der Waals surface area contributed by atoms with Gasteiger partial charge in [-0.25, -0.2) is 0 Å². The Hall–Kier alpha value is -3.13. The molecule has 176 valence electrons. The lowest BCUT2D eigenvalue weighted by molar-refractivity contribution is -0.131. The van der Waals surface area contributed by atoms with Crippen LogP contribution < -0.4 is 20.3 Å². The van der Waals surface area contributed by atoms with Crippen LogP contribution in [-0.2, 0) is 4.79 Å². The number of hydrogen-bond acceptors (Lipinski definition) is 5. The summed E-state index contributed by atoms with van der Waals surface area (Å²) in [6.45, 7) is 9.74. The first kappa shape index (κ1) is 24.5. The molecule has 0 radical (unpaired) electrons. The number of thiocarbonyl (C=S) groups is 1. The molecule has 2 aromatic carbocycles. The van der Waals surface area contributed by atoms with Crippen LogP contribution in [0.3, 0.4) is 0 Å². The van der Waals surface area contributed by atoms with Crippen LogP contribution in [0.2, 0.25) is 0 Å². The molecule has 1 saturated heterocycles. The Labute approximate surface area is 201 Å². The van der Waals surface area contributed by atoms with Gasteiger partial charge in [0.15, 0.2) is 5.11 Å². The number of anilines is 2. The lowest BCUT2D eigenvalue weighted by Gasteiger charge is -2.36. The lowest BCUT2D eigenvalue weighted by Crippen LogP contribution is -2.48. The van der Waals surface area contributed by atoms with Crippen LogP contribution in [0.15, 0.2) is 48.5 Å². The number of amides is 2. The largest absolute Gasteiger partial charge is 0.493 e. The summed E-state index contributed by atoms with van der Waals surface area (Å²) in [7, 11) is 0. The van der Waals surface area contributed by atoms with Crippen LogP contribution in [0.5, 0.6) is 5.75 Å². The standard InChI is InChI=1S/C25H32N4O3S/c1-4-23(30)29-14-12-28(13-15-29)21-10-8-20(9-11-21)26-25(33)27-24(31)19-6-5-7-22(16-19)32-17-18(2)3/h5-11,16,18H,4,12-15,17H2,1-3H3,(H2,26,27,31,33). The zero-order chi connectivity index (χ0) is 23.8. The minimum Gasteiger partial charge on any atom is -0.493 e. The maximum atomic E-state index is 12.6. The van der Waals surface area contributed by atoms with Crippen molar-refractivity contribution in [2.24, 2.45) is 5.92 Å². The first-order chi connectivity index (χ1) is 15.9. The van der Waals surface area contributed by atoms with Gasteiger partial charge in [-0.05, 0) is 60.6 Å². The van der Waals surface area contributed by atoms with Gasteiger partial charge in [-0.15, -0.1) is 0 Å². The number of carbonyl (C=O) groups excluding carboxylic acids is 2. The van der Waals surface area contributed by atoms with E-state index in [1.807, 2.05) is 42.2 Å². The van der Waals surface area contributed by atoms with E-state index in [2.05, 4.69) is 29.4 Å². The molecule has 7 nitrogen and oxygen atoms in total. The van der Waals surface area contributed by atoms with Crippen LogP contribution in [-0.4, -0.2) is 54.6 Å². The number of piperazine rings is 1. The molecule has 0 atom stereocenters. The molecule has 1 aliphatic heterocycles. The summed E-state index contributed by atoms with van der Waals surface area (Å²) in [6, 6.07) is 14.9. The van der Waals surface area contributed by atoms with Crippen LogP contribution in [0.4, 0.5) is 11.4 Å². The second kappa shape index (κ2) is 11.7. The number of benzene rings is 2. The molecule has 8 heteroatoms. The predicted molar refractivity (Wildman–Crippen MR) is 136 cm³/mol. The summed E-state index contributed by atoms with van der Waals surface area (Å²) < 4.78 is 5.69. The molecule has 1 aliphatic rings. The van der Waals surface area contributed by atoms with Gasteiger partial charge in [0.2, 0.25) is 5.91 Å². The third-order valence-electron chi connectivity index (χ3n) is 5.33. The van der Waals surface area contributed by atoms with Crippen molar-refractivity contribution in [3.05, 3.63) is 54.1 Å². The first-order valence-electron chi connectivity index (χ1n) is 11.3. The highest BCUT2D eigenvalue weighted by atomic mass is 32.1. The van der Waals surface area contributed by atoms with Gasteiger partial charge < -0.3 is 19.9 Å². The molecule has 1 heterocycles. The zero-order valence-electron chi connectivity index (χ0n) is 19.5. The summed E-state index contributed by atoms with van der Waals surface area (Å²) >= 11 is 5.32. The second-order valence-corrected chi connectivity index (χ2v) is 8.82. The molecule has 0 aliphatic carbocycles. The smallest absolute Gasteiger partial charge is 0.257 e. The molecule has 1 fully saturated rings. The van der Waals surface area contributed by atoms with Crippen molar-refractivity contribution < 1.29 is 14.3 Å². The summed E-state index contributed by atoms with van der Waals surface area (Å²) in [5.41, 5.74) is 2.37. The highest BCUT2D eigenvalue weighted by Gasteiger charge is 2.20. The van der Waals surface area contributed by atoms with Gasteiger partial charge in [0.05, 0.1) is 6.61 Å². The van der Waals surface area contributed by atoms with Crippen LogP contribution in [0.25, 0.3) is 0 Å². The minimum atomic E-state index is -0.293. The van der Waals surface area contributed by atoms with E-state index >= 15 is 0 Å². The fourth-order valence-corrected chi connectivity index (χ4v) is 3.73. The Kier molecular flexibility index (Phi) is 8.65. The van der Waals surface area contributed by atoms with Gasteiger partial charge in [-0.3, -0.25) is 14.9 Å². The molecule has 0 unspecified atom stereocenters. The van der Waals surface area contributed by atoms with Crippen LogP contribution in [0, 0.1) is 5.92 Å². The van der Waals surface area contributed by atoms with Crippen molar-refractivity contribution in [3.63, 3.8) is 0 Å². The highest BCUT2D eigenvalue weighted by Crippen LogP contribution is 2.20. The molecule has 0 bridgehead atoms. The Morgan fingerprint density at radius 2 is 1.76 bits per heavy atom. The van der Waals surface area contributed by atoms with Crippen LogP contribution in [0.1, 0.15) is 37.6 Å². The monoisotopic (exact) mass is 468 g/mol. The molecule has 0 aromatic heterocycles. The third kappa shape index (κ3) is 7.18. The van der Waals surface area contributed by atoms with Crippen molar-refractivity contribution in [3.8, 4) is 5.75 Å². The Morgan fingerprint density at radius 1 is 1.06 bits per heavy atom. The van der Waals surface area contributed by atoms with Gasteiger partial charge in [-0.2, -0.15) is 0 Å². The molecule has 0 spiro atoms. The topological polar surface area (TPSA) is 73.9 Å². The van der Waals surface area contributed by atoms with E-state index in [9.17, 15) is 9.59 Å². The molecule has 2 amide bonds. The van der Waals surface area contributed by atoms with Gasteiger partial charge in [0.25, 0.3) is 5.91 Å². The van der Waals surface area contributed by atoms with E-state index in [0.717, 1.165) is 37.6 Å². The number of nitrogens with one attached hydrogen (secondary N) is 2. The van der Waals surface area contributed by atoms with Crippen molar-refractivity contribution in [1.29, 1.82) is 0 Å². The number of rotatable bonds is 7. The van der Waals surface area contributed by atoms with Crippen molar-refractivity contribution >= 4 is 40.5 Å². The van der Waals surface area contributed by atoms with Crippen LogP contribution >= 0.6 is 12.2 Å². The Bertz CT molecular complexity index is 970. The summed E-state index contributed by atoms with van der Waals surface area (Å²) in [5, 5.41) is 6.00. The third-order valence-corrected chi connectivity index (χ3v) is 5.54. The lowest BCUT2D eigenvalue weighted by atomic mass is 10.2. The van der Waals surface area contributed by atoms with E-state index in [-0.39, 0.29) is 16.9 Å². The number of nitrogens with zero attached hydrogens (tertiary/aromatic N) is 2. The van der Waals surface area contributed by atoms with Gasteiger partial charge in [0.1, 0.15) is 5.75 Å². The van der Waals surface area contributed by atoms with E-state index in [4.69, 9.17) is 17.0 Å². The maximum Gasteiger partial charge on any atom is 0.257 e. The minimum absolute atomic E-state index is 0.208. The zero-order valence-corrected chi connectivity index (χ0v) is 20.3. The fraction of sp³-hybridized carbons (Fsp3) is 0.400. The molecule has 2 aromatic rings. The van der Waals surface area contributed by atoms with E-state index in [1.54, 1.807) is 18.2 Å².